The fourth-order valence-corrected chi connectivity index (χ4v) is 3.00. The van der Waals surface area contributed by atoms with Crippen LogP contribution in [0.15, 0.2) is 0 Å². The quantitative estimate of drug-likeness (QED) is 0.570. The zero-order valence-electron chi connectivity index (χ0n) is 12.3. The van der Waals surface area contributed by atoms with Gasteiger partial charge >= 0.3 is 0 Å². The third-order valence-electron chi connectivity index (χ3n) is 2.99. The number of unbranched alkanes of at least 4 members (excludes halogenated alkanes) is 2. The summed E-state index contributed by atoms with van der Waals surface area (Å²) in [6.07, 6.45) is 5.36. The van der Waals surface area contributed by atoms with Gasteiger partial charge in [-0.25, -0.2) is 13.1 Å². The van der Waals surface area contributed by atoms with Crippen LogP contribution in [0.25, 0.3) is 0 Å². The maximum absolute atomic E-state index is 12.0. The molecule has 0 aliphatic carbocycles. The molecule has 0 aromatic heterocycles. The molecule has 5 heteroatoms. The number of rotatable bonds is 11. The normalized spacial score (nSPS) is 15.6. The average molecular weight is 278 g/mol. The molecule has 2 N–H and O–H groups in total. The van der Waals surface area contributed by atoms with Crippen molar-refractivity contribution in [2.24, 2.45) is 0 Å². The molecule has 0 bridgehead atoms. The van der Waals surface area contributed by atoms with Crippen molar-refractivity contribution in [2.75, 3.05) is 13.1 Å². The molecule has 18 heavy (non-hydrogen) atoms. The first kappa shape index (κ1) is 17.9. The van der Waals surface area contributed by atoms with Gasteiger partial charge in [0.1, 0.15) is 0 Å². The molecule has 0 fully saturated rings. The van der Waals surface area contributed by atoms with E-state index < -0.39 is 10.0 Å². The van der Waals surface area contributed by atoms with Crippen LogP contribution in [-0.4, -0.2) is 32.8 Å². The second-order valence-corrected chi connectivity index (χ2v) is 7.20. The van der Waals surface area contributed by atoms with Gasteiger partial charge in [-0.2, -0.15) is 0 Å². The van der Waals surface area contributed by atoms with Crippen molar-refractivity contribution in [3.63, 3.8) is 0 Å². The summed E-state index contributed by atoms with van der Waals surface area (Å²) < 4.78 is 26.8. The first-order valence-electron chi connectivity index (χ1n) is 7.15. The van der Waals surface area contributed by atoms with Crippen LogP contribution in [0.1, 0.15) is 59.8 Å². The highest BCUT2D eigenvalue weighted by atomic mass is 32.2. The summed E-state index contributed by atoms with van der Waals surface area (Å²) in [4.78, 5) is 0. The fourth-order valence-electron chi connectivity index (χ4n) is 1.75. The van der Waals surface area contributed by atoms with Gasteiger partial charge in [-0.3, -0.25) is 0 Å². The van der Waals surface area contributed by atoms with Crippen molar-refractivity contribution < 1.29 is 8.42 Å². The van der Waals surface area contributed by atoms with Crippen LogP contribution in [0.3, 0.4) is 0 Å². The molecule has 0 saturated carbocycles. The summed E-state index contributed by atoms with van der Waals surface area (Å²) in [5, 5.41) is 2.77. The van der Waals surface area contributed by atoms with E-state index in [0.29, 0.717) is 6.54 Å². The van der Waals surface area contributed by atoms with Gasteiger partial charge in [0.15, 0.2) is 0 Å². The summed E-state index contributed by atoms with van der Waals surface area (Å²) in [5.41, 5.74) is 0. The van der Waals surface area contributed by atoms with Crippen molar-refractivity contribution in [3.05, 3.63) is 0 Å². The van der Waals surface area contributed by atoms with Gasteiger partial charge in [0, 0.05) is 12.6 Å². The summed E-state index contributed by atoms with van der Waals surface area (Å²) in [5.74, 6) is 0. The van der Waals surface area contributed by atoms with Crippen molar-refractivity contribution in [1.82, 2.24) is 10.0 Å². The molecule has 2 atom stereocenters. The van der Waals surface area contributed by atoms with E-state index in [9.17, 15) is 8.42 Å². The lowest BCUT2D eigenvalue weighted by atomic mass is 10.1. The first-order chi connectivity index (χ1) is 8.44. The van der Waals surface area contributed by atoms with E-state index in [0.717, 1.165) is 32.2 Å². The summed E-state index contributed by atoms with van der Waals surface area (Å²) in [6.45, 7) is 9.30. The van der Waals surface area contributed by atoms with E-state index in [1.165, 1.54) is 6.42 Å². The van der Waals surface area contributed by atoms with Gasteiger partial charge in [-0.05, 0) is 33.2 Å². The molecule has 0 aliphatic rings. The lowest BCUT2D eigenvalue weighted by molar-refractivity contribution is 0.515. The second-order valence-electron chi connectivity index (χ2n) is 5.07. The predicted octanol–water partition coefficient (Wildman–Crippen LogP) is 2.26. The highest BCUT2D eigenvalue weighted by molar-refractivity contribution is 7.90. The van der Waals surface area contributed by atoms with Crippen LogP contribution >= 0.6 is 0 Å². The van der Waals surface area contributed by atoms with Crippen molar-refractivity contribution in [1.29, 1.82) is 0 Å². The maximum Gasteiger partial charge on any atom is 0.215 e. The molecule has 0 amide bonds. The first-order valence-corrected chi connectivity index (χ1v) is 8.70. The molecule has 0 rings (SSSR count). The lowest BCUT2D eigenvalue weighted by Crippen LogP contribution is -2.42. The number of sulfonamides is 1. The molecule has 2 unspecified atom stereocenters. The Kier molecular flexibility index (Phi) is 9.68. The number of hydrogen-bond donors (Lipinski definition) is 2. The zero-order chi connectivity index (χ0) is 14.0. The summed E-state index contributed by atoms with van der Waals surface area (Å²) >= 11 is 0. The van der Waals surface area contributed by atoms with E-state index in [1.807, 2.05) is 6.92 Å². The predicted molar refractivity (Wildman–Crippen MR) is 78.3 cm³/mol. The number of nitrogens with one attached hydrogen (secondary N) is 2. The van der Waals surface area contributed by atoms with E-state index >= 15 is 0 Å². The van der Waals surface area contributed by atoms with Crippen LogP contribution in [0.2, 0.25) is 0 Å². The van der Waals surface area contributed by atoms with Gasteiger partial charge in [0.25, 0.3) is 0 Å². The van der Waals surface area contributed by atoms with E-state index in [1.54, 1.807) is 6.92 Å². The van der Waals surface area contributed by atoms with Crippen LogP contribution in [0.5, 0.6) is 0 Å². The van der Waals surface area contributed by atoms with E-state index in [2.05, 4.69) is 23.9 Å². The molecule has 4 nitrogen and oxygen atoms in total. The minimum absolute atomic E-state index is 0.0372. The Hall–Kier alpha value is -0.130. The standard InChI is InChI=1S/C13H30N2O2S/c1-5-7-8-9-12(3)15-18(16,17)13(4)11-14-10-6-2/h12-15H,5-11H2,1-4H3. The molecule has 0 spiro atoms. The van der Waals surface area contributed by atoms with Gasteiger partial charge < -0.3 is 5.32 Å². The van der Waals surface area contributed by atoms with E-state index in [4.69, 9.17) is 0 Å². The third-order valence-corrected chi connectivity index (χ3v) is 4.95. The summed E-state index contributed by atoms with van der Waals surface area (Å²) in [7, 11) is -3.19. The third kappa shape index (κ3) is 8.06. The Labute approximate surface area is 113 Å². The SMILES string of the molecule is CCCCCC(C)NS(=O)(=O)C(C)CNCCC. The number of hydrogen-bond acceptors (Lipinski definition) is 3. The van der Waals surface area contributed by atoms with Crippen molar-refractivity contribution >= 4 is 10.0 Å². The largest absolute Gasteiger partial charge is 0.315 e. The van der Waals surface area contributed by atoms with Crippen LogP contribution in [-0.2, 0) is 10.0 Å². The van der Waals surface area contributed by atoms with E-state index in [-0.39, 0.29) is 11.3 Å². The highest BCUT2D eigenvalue weighted by Gasteiger charge is 2.21. The van der Waals surface area contributed by atoms with Gasteiger partial charge in [0.05, 0.1) is 5.25 Å². The average Bonchev–Trinajstić information content (AvgIpc) is 2.28. The monoisotopic (exact) mass is 278 g/mol. The van der Waals surface area contributed by atoms with Crippen LogP contribution < -0.4 is 10.0 Å². The zero-order valence-corrected chi connectivity index (χ0v) is 13.1. The molecule has 0 saturated heterocycles. The van der Waals surface area contributed by atoms with Crippen molar-refractivity contribution in [3.8, 4) is 0 Å². The van der Waals surface area contributed by atoms with Crippen molar-refractivity contribution in [2.45, 2.75) is 71.1 Å². The molecular formula is C13H30N2O2S. The molecule has 110 valence electrons. The minimum atomic E-state index is -3.19. The van der Waals surface area contributed by atoms with Gasteiger partial charge in [0.2, 0.25) is 10.0 Å². The van der Waals surface area contributed by atoms with Crippen LogP contribution in [0.4, 0.5) is 0 Å². The lowest BCUT2D eigenvalue weighted by Gasteiger charge is -2.18. The Morgan fingerprint density at radius 2 is 1.72 bits per heavy atom. The Morgan fingerprint density at radius 3 is 2.28 bits per heavy atom. The minimum Gasteiger partial charge on any atom is -0.315 e. The molecule has 0 aliphatic heterocycles. The molecule has 0 aromatic rings. The van der Waals surface area contributed by atoms with Gasteiger partial charge in [-0.1, -0.05) is 33.1 Å². The maximum atomic E-state index is 12.0. The highest BCUT2D eigenvalue weighted by Crippen LogP contribution is 2.06. The van der Waals surface area contributed by atoms with Gasteiger partial charge in [-0.15, -0.1) is 0 Å². The molecule has 0 aromatic carbocycles. The Morgan fingerprint density at radius 1 is 1.06 bits per heavy atom. The second kappa shape index (κ2) is 9.75. The smallest absolute Gasteiger partial charge is 0.215 e. The molecule has 0 heterocycles. The van der Waals surface area contributed by atoms with Crippen LogP contribution in [0, 0.1) is 0 Å². The summed E-state index contributed by atoms with van der Waals surface area (Å²) in [6, 6.07) is 0.0372. The fraction of sp³-hybridized carbons (Fsp3) is 1.00. The Bertz CT molecular complexity index is 291. The Balaban J connectivity index is 4.03. The molecular weight excluding hydrogens is 248 g/mol. The topological polar surface area (TPSA) is 58.2 Å². The molecule has 0 radical (unpaired) electrons.